The predicted molar refractivity (Wildman–Crippen MR) is 123 cm³/mol. The Morgan fingerprint density at radius 2 is 1.73 bits per heavy atom. The molecule has 0 unspecified atom stereocenters. The van der Waals surface area contributed by atoms with E-state index in [-0.39, 0.29) is 16.6 Å². The Morgan fingerprint density at radius 3 is 2.37 bits per heavy atom. The summed E-state index contributed by atoms with van der Waals surface area (Å²) in [6, 6.07) is 16.1. The molecule has 0 radical (unpaired) electrons. The highest BCUT2D eigenvalue weighted by Gasteiger charge is 2.21. The molecule has 158 valence electrons. The number of carbonyl (C=O) groups excluding carboxylic acids is 1. The molecule has 1 heterocycles. The molecule has 3 aromatic rings. The standard InChI is InChI=1S/C21H23N3O3S3/c1-3-24(4-2)30(26,27)18-12-10-17(11-13-18)22-20(25)15-29-21-23-19(14-28-21)16-8-6-5-7-9-16/h5-14H,3-4,15H2,1-2H3,(H,22,25). The lowest BCUT2D eigenvalue weighted by Crippen LogP contribution is -2.30. The molecule has 0 aliphatic carbocycles. The van der Waals surface area contributed by atoms with Crippen LogP contribution in [0.15, 0.2) is 69.2 Å². The first-order valence-corrected chi connectivity index (χ1v) is 12.8. The highest BCUT2D eigenvalue weighted by molar-refractivity contribution is 8.01. The van der Waals surface area contributed by atoms with Gasteiger partial charge in [-0.2, -0.15) is 4.31 Å². The van der Waals surface area contributed by atoms with E-state index in [1.165, 1.54) is 39.5 Å². The van der Waals surface area contributed by atoms with Crippen molar-refractivity contribution in [3.05, 3.63) is 60.0 Å². The van der Waals surface area contributed by atoms with E-state index in [4.69, 9.17) is 0 Å². The number of nitrogens with zero attached hydrogens (tertiary/aromatic N) is 2. The number of thioether (sulfide) groups is 1. The van der Waals surface area contributed by atoms with Gasteiger partial charge in [-0.3, -0.25) is 4.79 Å². The van der Waals surface area contributed by atoms with Gasteiger partial charge in [0.25, 0.3) is 0 Å². The second kappa shape index (κ2) is 10.2. The molecule has 0 aliphatic heterocycles. The van der Waals surface area contributed by atoms with Gasteiger partial charge in [-0.15, -0.1) is 11.3 Å². The minimum Gasteiger partial charge on any atom is -0.325 e. The largest absolute Gasteiger partial charge is 0.325 e. The van der Waals surface area contributed by atoms with Crippen LogP contribution in [0, 0.1) is 0 Å². The summed E-state index contributed by atoms with van der Waals surface area (Å²) in [7, 11) is -3.50. The molecule has 6 nitrogen and oxygen atoms in total. The van der Waals surface area contributed by atoms with Crippen LogP contribution in [0.3, 0.4) is 0 Å². The molecule has 0 saturated carbocycles. The van der Waals surface area contributed by atoms with E-state index in [1.54, 1.807) is 26.0 Å². The van der Waals surface area contributed by atoms with Gasteiger partial charge < -0.3 is 5.32 Å². The van der Waals surface area contributed by atoms with Crippen molar-refractivity contribution in [3.63, 3.8) is 0 Å². The van der Waals surface area contributed by atoms with E-state index in [0.717, 1.165) is 15.6 Å². The number of carbonyl (C=O) groups is 1. The number of hydrogen-bond donors (Lipinski definition) is 1. The Hall–Kier alpha value is -2.20. The van der Waals surface area contributed by atoms with Crippen LogP contribution >= 0.6 is 23.1 Å². The van der Waals surface area contributed by atoms with Gasteiger partial charge in [0.05, 0.1) is 16.3 Å². The number of nitrogens with one attached hydrogen (secondary N) is 1. The minimum atomic E-state index is -3.50. The molecule has 0 saturated heterocycles. The number of benzene rings is 2. The maximum atomic E-state index is 12.5. The first-order chi connectivity index (χ1) is 14.4. The average molecular weight is 462 g/mol. The minimum absolute atomic E-state index is 0.171. The number of aromatic nitrogens is 1. The summed E-state index contributed by atoms with van der Waals surface area (Å²) < 4.78 is 27.3. The summed E-state index contributed by atoms with van der Waals surface area (Å²) in [6.07, 6.45) is 0. The highest BCUT2D eigenvalue weighted by Crippen LogP contribution is 2.28. The Kier molecular flexibility index (Phi) is 7.65. The van der Waals surface area contributed by atoms with Gasteiger partial charge in [0.2, 0.25) is 15.9 Å². The fourth-order valence-corrected chi connectivity index (χ4v) is 5.91. The maximum Gasteiger partial charge on any atom is 0.243 e. The van der Waals surface area contributed by atoms with Crippen molar-refractivity contribution in [2.24, 2.45) is 0 Å². The third-order valence-corrected chi connectivity index (χ3v) is 8.45. The Bertz CT molecular complexity index is 1080. The number of anilines is 1. The highest BCUT2D eigenvalue weighted by atomic mass is 32.2. The van der Waals surface area contributed by atoms with Gasteiger partial charge in [0.1, 0.15) is 0 Å². The normalized spacial score (nSPS) is 11.6. The van der Waals surface area contributed by atoms with E-state index in [0.29, 0.717) is 18.8 Å². The number of sulfonamides is 1. The molecule has 0 fully saturated rings. The van der Waals surface area contributed by atoms with Crippen LogP contribution in [0.4, 0.5) is 5.69 Å². The smallest absolute Gasteiger partial charge is 0.243 e. The fraction of sp³-hybridized carbons (Fsp3) is 0.238. The maximum absolute atomic E-state index is 12.5. The second-order valence-corrected chi connectivity index (χ2v) is 10.3. The quantitative estimate of drug-likeness (QED) is 0.472. The number of thiazole rings is 1. The summed E-state index contributed by atoms with van der Waals surface area (Å²) in [5.41, 5.74) is 2.50. The van der Waals surface area contributed by atoms with Crippen molar-refractivity contribution >= 4 is 44.7 Å². The number of hydrogen-bond acceptors (Lipinski definition) is 6. The van der Waals surface area contributed by atoms with Gasteiger partial charge >= 0.3 is 0 Å². The molecular weight excluding hydrogens is 438 g/mol. The zero-order valence-electron chi connectivity index (χ0n) is 16.7. The van der Waals surface area contributed by atoms with Crippen LogP contribution in [-0.4, -0.2) is 42.5 Å². The molecule has 1 amide bonds. The molecule has 0 bridgehead atoms. The zero-order valence-corrected chi connectivity index (χ0v) is 19.2. The van der Waals surface area contributed by atoms with Gasteiger partial charge in [0, 0.05) is 29.7 Å². The van der Waals surface area contributed by atoms with Gasteiger partial charge in [-0.05, 0) is 24.3 Å². The lowest BCUT2D eigenvalue weighted by molar-refractivity contribution is -0.113. The fourth-order valence-electron chi connectivity index (χ4n) is 2.81. The molecule has 9 heteroatoms. The van der Waals surface area contributed by atoms with E-state index in [2.05, 4.69) is 10.3 Å². The van der Waals surface area contributed by atoms with E-state index in [9.17, 15) is 13.2 Å². The van der Waals surface area contributed by atoms with E-state index in [1.807, 2.05) is 35.7 Å². The van der Waals surface area contributed by atoms with E-state index < -0.39 is 10.0 Å². The van der Waals surface area contributed by atoms with Crippen molar-refractivity contribution in [1.29, 1.82) is 0 Å². The van der Waals surface area contributed by atoms with Crippen LogP contribution in [0.1, 0.15) is 13.8 Å². The molecule has 2 aromatic carbocycles. The van der Waals surface area contributed by atoms with Gasteiger partial charge in [0.15, 0.2) is 4.34 Å². The van der Waals surface area contributed by atoms with Crippen LogP contribution in [-0.2, 0) is 14.8 Å². The number of rotatable bonds is 9. The average Bonchev–Trinajstić information content (AvgIpc) is 3.23. The molecule has 1 N–H and O–H groups in total. The Morgan fingerprint density at radius 1 is 1.07 bits per heavy atom. The lowest BCUT2D eigenvalue weighted by atomic mass is 10.2. The van der Waals surface area contributed by atoms with Crippen molar-refractivity contribution < 1.29 is 13.2 Å². The molecule has 0 aliphatic rings. The van der Waals surface area contributed by atoms with Gasteiger partial charge in [-0.1, -0.05) is 55.9 Å². The molecule has 0 atom stereocenters. The molecule has 0 spiro atoms. The van der Waals surface area contributed by atoms with Crippen molar-refractivity contribution in [2.75, 3.05) is 24.2 Å². The third-order valence-electron chi connectivity index (χ3n) is 4.36. The van der Waals surface area contributed by atoms with Crippen LogP contribution in [0.5, 0.6) is 0 Å². The van der Waals surface area contributed by atoms with Crippen LogP contribution in [0.2, 0.25) is 0 Å². The van der Waals surface area contributed by atoms with Crippen molar-refractivity contribution in [3.8, 4) is 11.3 Å². The molecule has 1 aromatic heterocycles. The summed E-state index contributed by atoms with van der Waals surface area (Å²) in [5.74, 6) is 0.0529. The Labute approximate surface area is 185 Å². The van der Waals surface area contributed by atoms with Crippen LogP contribution < -0.4 is 5.32 Å². The second-order valence-electron chi connectivity index (χ2n) is 6.32. The summed E-state index contributed by atoms with van der Waals surface area (Å²) in [6.45, 7) is 4.44. The first-order valence-electron chi connectivity index (χ1n) is 9.47. The summed E-state index contributed by atoms with van der Waals surface area (Å²) in [4.78, 5) is 17.0. The third kappa shape index (κ3) is 5.48. The van der Waals surface area contributed by atoms with Gasteiger partial charge in [-0.25, -0.2) is 13.4 Å². The first kappa shape index (κ1) is 22.5. The SMILES string of the molecule is CCN(CC)S(=O)(=O)c1ccc(NC(=O)CSc2nc(-c3ccccc3)cs2)cc1. The molecule has 30 heavy (non-hydrogen) atoms. The monoisotopic (exact) mass is 461 g/mol. The summed E-state index contributed by atoms with van der Waals surface area (Å²) in [5, 5.41) is 4.77. The molecule has 3 rings (SSSR count). The summed E-state index contributed by atoms with van der Waals surface area (Å²) >= 11 is 2.88. The number of amides is 1. The topological polar surface area (TPSA) is 79.4 Å². The van der Waals surface area contributed by atoms with Crippen LogP contribution in [0.25, 0.3) is 11.3 Å². The lowest BCUT2D eigenvalue weighted by Gasteiger charge is -2.18. The molecular formula is C21H23N3O3S3. The zero-order chi connectivity index (χ0) is 21.6. The van der Waals surface area contributed by atoms with Crippen molar-refractivity contribution in [2.45, 2.75) is 23.1 Å². The van der Waals surface area contributed by atoms with E-state index >= 15 is 0 Å². The predicted octanol–water partition coefficient (Wildman–Crippen LogP) is 4.57. The Balaban J connectivity index is 1.56. The van der Waals surface area contributed by atoms with Crippen molar-refractivity contribution in [1.82, 2.24) is 9.29 Å².